The van der Waals surface area contributed by atoms with Gasteiger partial charge in [-0.05, 0) is 43.9 Å². The van der Waals surface area contributed by atoms with Crippen molar-refractivity contribution in [2.75, 3.05) is 12.8 Å². The maximum atomic E-state index is 11.3. The zero-order chi connectivity index (χ0) is 15.6. The fourth-order valence-corrected chi connectivity index (χ4v) is 2.72. The molecular weight excluding hydrogens is 270 g/mol. The number of aryl methyl sites for hydroxylation is 2. The number of nitrogens with two attached hydrogens (primary N) is 1. The van der Waals surface area contributed by atoms with Crippen molar-refractivity contribution in [2.45, 2.75) is 52.2 Å². The van der Waals surface area contributed by atoms with Crippen LogP contribution in [-0.4, -0.2) is 21.2 Å². The Kier molecular flexibility index (Phi) is 9.51. The number of unbranched alkanes of at least 4 members (excludes halogenated alkanes) is 1. The summed E-state index contributed by atoms with van der Waals surface area (Å²) in [6.07, 6.45) is 5.55. The molecule has 116 valence electrons. The Morgan fingerprint density at radius 3 is 2.10 bits per heavy atom. The van der Waals surface area contributed by atoms with Crippen LogP contribution in [0.2, 0.25) is 0 Å². The van der Waals surface area contributed by atoms with Gasteiger partial charge in [0.15, 0.2) is 9.84 Å². The highest BCUT2D eigenvalue weighted by Crippen LogP contribution is 2.14. The van der Waals surface area contributed by atoms with E-state index in [-0.39, 0.29) is 5.75 Å². The van der Waals surface area contributed by atoms with Gasteiger partial charge in [0.1, 0.15) is 0 Å². The summed E-state index contributed by atoms with van der Waals surface area (Å²) >= 11 is 0. The maximum absolute atomic E-state index is 11.3. The second kappa shape index (κ2) is 9.94. The summed E-state index contributed by atoms with van der Waals surface area (Å²) in [4.78, 5) is 0. The SMILES string of the molecule is CCC.Cc1cc(CCCCN)cc(CS(C)(=O)=O)c1. The Morgan fingerprint density at radius 1 is 1.05 bits per heavy atom. The molecular formula is C16H29NO2S. The van der Waals surface area contributed by atoms with Gasteiger partial charge in [0.25, 0.3) is 0 Å². The molecule has 0 aliphatic rings. The van der Waals surface area contributed by atoms with E-state index in [9.17, 15) is 8.42 Å². The summed E-state index contributed by atoms with van der Waals surface area (Å²) < 4.78 is 22.5. The molecule has 0 bridgehead atoms. The number of sulfone groups is 1. The summed E-state index contributed by atoms with van der Waals surface area (Å²) in [5, 5.41) is 0. The van der Waals surface area contributed by atoms with Crippen LogP contribution in [0.3, 0.4) is 0 Å². The highest BCUT2D eigenvalue weighted by Gasteiger charge is 2.06. The van der Waals surface area contributed by atoms with Crippen LogP contribution in [0.15, 0.2) is 18.2 Å². The Labute approximate surface area is 124 Å². The van der Waals surface area contributed by atoms with Crippen LogP contribution < -0.4 is 5.73 Å². The molecule has 1 aromatic rings. The van der Waals surface area contributed by atoms with E-state index >= 15 is 0 Å². The summed E-state index contributed by atoms with van der Waals surface area (Å²) in [6, 6.07) is 6.04. The molecule has 0 fully saturated rings. The van der Waals surface area contributed by atoms with Crippen LogP contribution >= 0.6 is 0 Å². The lowest BCUT2D eigenvalue weighted by Gasteiger charge is -2.07. The number of hydrogen-bond acceptors (Lipinski definition) is 3. The molecule has 0 heterocycles. The lowest BCUT2D eigenvalue weighted by atomic mass is 10.0. The molecule has 0 aromatic heterocycles. The van der Waals surface area contributed by atoms with Crippen molar-refractivity contribution in [1.82, 2.24) is 0 Å². The van der Waals surface area contributed by atoms with Crippen LogP contribution in [0, 0.1) is 6.92 Å². The Bertz CT molecular complexity index is 481. The minimum Gasteiger partial charge on any atom is -0.330 e. The minimum atomic E-state index is -2.96. The molecule has 3 nitrogen and oxygen atoms in total. The average molecular weight is 299 g/mol. The second-order valence-electron chi connectivity index (χ2n) is 5.35. The quantitative estimate of drug-likeness (QED) is 0.820. The second-order valence-corrected chi connectivity index (χ2v) is 7.49. The molecule has 20 heavy (non-hydrogen) atoms. The van der Waals surface area contributed by atoms with Gasteiger partial charge < -0.3 is 5.73 Å². The first-order chi connectivity index (χ1) is 9.32. The first-order valence-electron chi connectivity index (χ1n) is 7.29. The van der Waals surface area contributed by atoms with Crippen LogP contribution in [-0.2, 0) is 22.0 Å². The summed E-state index contributed by atoms with van der Waals surface area (Å²) in [7, 11) is -2.96. The molecule has 0 atom stereocenters. The van der Waals surface area contributed by atoms with E-state index in [1.165, 1.54) is 18.2 Å². The van der Waals surface area contributed by atoms with Gasteiger partial charge in [-0.1, -0.05) is 44.0 Å². The van der Waals surface area contributed by atoms with E-state index in [2.05, 4.69) is 19.9 Å². The monoisotopic (exact) mass is 299 g/mol. The maximum Gasteiger partial charge on any atom is 0.151 e. The Balaban J connectivity index is 0.00000110. The van der Waals surface area contributed by atoms with Crippen LogP contribution in [0.25, 0.3) is 0 Å². The van der Waals surface area contributed by atoms with Crippen molar-refractivity contribution in [3.8, 4) is 0 Å². The summed E-state index contributed by atoms with van der Waals surface area (Å²) in [5.74, 6) is 0.124. The summed E-state index contributed by atoms with van der Waals surface area (Å²) in [5.41, 5.74) is 8.67. The highest BCUT2D eigenvalue weighted by atomic mass is 32.2. The fourth-order valence-electron chi connectivity index (χ4n) is 1.95. The predicted octanol–water partition coefficient (Wildman–Crippen LogP) is 3.24. The molecule has 0 unspecified atom stereocenters. The van der Waals surface area contributed by atoms with Gasteiger partial charge in [-0.15, -0.1) is 0 Å². The van der Waals surface area contributed by atoms with Gasteiger partial charge in [-0.2, -0.15) is 0 Å². The fraction of sp³-hybridized carbons (Fsp3) is 0.625. The largest absolute Gasteiger partial charge is 0.330 e. The van der Waals surface area contributed by atoms with Crippen LogP contribution in [0.4, 0.5) is 0 Å². The average Bonchev–Trinajstić information content (AvgIpc) is 2.27. The number of hydrogen-bond donors (Lipinski definition) is 1. The third kappa shape index (κ3) is 9.98. The van der Waals surface area contributed by atoms with Crippen molar-refractivity contribution in [2.24, 2.45) is 5.73 Å². The molecule has 0 amide bonds. The standard InChI is InChI=1S/C13H21NO2S.C3H8/c1-11-7-12(5-3-4-6-14)9-13(8-11)10-17(2,15)16;1-3-2/h7-9H,3-6,10,14H2,1-2H3;3H2,1-2H3. The minimum absolute atomic E-state index is 0.124. The summed E-state index contributed by atoms with van der Waals surface area (Å²) in [6.45, 7) is 6.96. The van der Waals surface area contributed by atoms with Gasteiger partial charge in [-0.25, -0.2) is 8.42 Å². The van der Waals surface area contributed by atoms with Crippen molar-refractivity contribution < 1.29 is 8.42 Å². The molecule has 1 rings (SSSR count). The van der Waals surface area contributed by atoms with E-state index in [4.69, 9.17) is 5.73 Å². The highest BCUT2D eigenvalue weighted by molar-refractivity contribution is 7.89. The lowest BCUT2D eigenvalue weighted by Crippen LogP contribution is -2.02. The molecule has 0 radical (unpaired) electrons. The predicted molar refractivity (Wildman–Crippen MR) is 87.7 cm³/mol. The van der Waals surface area contributed by atoms with Crippen molar-refractivity contribution >= 4 is 9.84 Å². The Hall–Kier alpha value is -0.870. The van der Waals surface area contributed by atoms with Crippen molar-refractivity contribution in [3.63, 3.8) is 0 Å². The zero-order valence-electron chi connectivity index (χ0n) is 13.3. The molecule has 1 aromatic carbocycles. The van der Waals surface area contributed by atoms with Crippen molar-refractivity contribution in [3.05, 3.63) is 34.9 Å². The van der Waals surface area contributed by atoms with Gasteiger partial charge >= 0.3 is 0 Å². The lowest BCUT2D eigenvalue weighted by molar-refractivity contribution is 0.601. The smallest absolute Gasteiger partial charge is 0.151 e. The molecule has 4 heteroatoms. The van der Waals surface area contributed by atoms with Crippen LogP contribution in [0.5, 0.6) is 0 Å². The molecule has 0 aliphatic heterocycles. The van der Waals surface area contributed by atoms with Gasteiger partial charge in [0.05, 0.1) is 5.75 Å². The molecule has 0 saturated carbocycles. The normalized spacial score (nSPS) is 10.8. The molecule has 0 saturated heterocycles. The van der Waals surface area contributed by atoms with E-state index in [1.54, 1.807) is 0 Å². The molecule has 0 spiro atoms. The van der Waals surface area contributed by atoms with E-state index in [0.29, 0.717) is 6.54 Å². The number of rotatable bonds is 6. The first kappa shape index (κ1) is 19.1. The third-order valence-electron chi connectivity index (χ3n) is 2.55. The van der Waals surface area contributed by atoms with E-state index < -0.39 is 9.84 Å². The van der Waals surface area contributed by atoms with Crippen molar-refractivity contribution in [1.29, 1.82) is 0 Å². The van der Waals surface area contributed by atoms with Gasteiger partial charge in [0.2, 0.25) is 0 Å². The van der Waals surface area contributed by atoms with Crippen LogP contribution in [0.1, 0.15) is 49.8 Å². The molecule has 2 N–H and O–H groups in total. The van der Waals surface area contributed by atoms with Gasteiger partial charge in [-0.3, -0.25) is 0 Å². The molecule has 0 aliphatic carbocycles. The first-order valence-corrected chi connectivity index (χ1v) is 9.35. The third-order valence-corrected chi connectivity index (χ3v) is 3.40. The number of benzene rings is 1. The topological polar surface area (TPSA) is 60.2 Å². The zero-order valence-corrected chi connectivity index (χ0v) is 14.1. The van der Waals surface area contributed by atoms with E-state index in [0.717, 1.165) is 30.4 Å². The Morgan fingerprint density at radius 2 is 1.60 bits per heavy atom. The van der Waals surface area contributed by atoms with Gasteiger partial charge in [0, 0.05) is 6.26 Å². The van der Waals surface area contributed by atoms with E-state index in [1.807, 2.05) is 19.1 Å².